The molecule has 0 aliphatic carbocycles. The van der Waals surface area contributed by atoms with Crippen LogP contribution in [0.15, 0.2) is 41.3 Å². The van der Waals surface area contributed by atoms with Crippen LogP contribution in [0.2, 0.25) is 10.0 Å². The van der Waals surface area contributed by atoms with Crippen LogP contribution in [0.5, 0.6) is 0 Å². The number of nitrogen functional groups attached to an aromatic ring is 1. The molecule has 3 N–H and O–H groups in total. The highest BCUT2D eigenvalue weighted by Gasteiger charge is 2.19. The second-order valence-electron chi connectivity index (χ2n) is 4.21. The monoisotopic (exact) mass is 330 g/mol. The maximum atomic E-state index is 12.4. The van der Waals surface area contributed by atoms with Gasteiger partial charge < -0.3 is 5.73 Å². The Kier molecular flexibility index (Phi) is 4.13. The minimum atomic E-state index is -3.78. The summed E-state index contributed by atoms with van der Waals surface area (Å²) in [4.78, 5) is 0.100. The van der Waals surface area contributed by atoms with E-state index in [1.807, 2.05) is 0 Å². The van der Waals surface area contributed by atoms with Crippen molar-refractivity contribution in [3.8, 4) is 0 Å². The molecule has 106 valence electrons. The van der Waals surface area contributed by atoms with Crippen molar-refractivity contribution in [3.63, 3.8) is 0 Å². The van der Waals surface area contributed by atoms with E-state index in [-0.39, 0.29) is 15.6 Å². The molecule has 20 heavy (non-hydrogen) atoms. The molecular weight excluding hydrogens is 319 g/mol. The van der Waals surface area contributed by atoms with Crippen LogP contribution >= 0.6 is 23.2 Å². The Morgan fingerprint density at radius 1 is 1.10 bits per heavy atom. The van der Waals surface area contributed by atoms with Crippen LogP contribution in [0.25, 0.3) is 0 Å². The molecule has 0 aromatic heterocycles. The average Bonchev–Trinajstić information content (AvgIpc) is 2.36. The molecule has 0 atom stereocenters. The lowest BCUT2D eigenvalue weighted by molar-refractivity contribution is 0.600. The average molecular weight is 331 g/mol. The third kappa shape index (κ3) is 3.00. The Bertz CT molecular complexity index is 761. The molecule has 0 heterocycles. The number of rotatable bonds is 3. The van der Waals surface area contributed by atoms with Gasteiger partial charge in [-0.15, -0.1) is 0 Å². The highest BCUT2D eigenvalue weighted by molar-refractivity contribution is 7.92. The molecule has 0 saturated heterocycles. The highest BCUT2D eigenvalue weighted by atomic mass is 35.5. The first-order valence-corrected chi connectivity index (χ1v) is 7.88. The van der Waals surface area contributed by atoms with E-state index in [9.17, 15) is 8.42 Å². The summed E-state index contributed by atoms with van der Waals surface area (Å²) in [6.07, 6.45) is 0. The number of nitrogens with one attached hydrogen (secondary N) is 1. The predicted molar refractivity (Wildman–Crippen MR) is 82.9 cm³/mol. The molecule has 0 spiro atoms. The van der Waals surface area contributed by atoms with Gasteiger partial charge in [0, 0.05) is 10.7 Å². The van der Waals surface area contributed by atoms with E-state index >= 15 is 0 Å². The zero-order chi connectivity index (χ0) is 14.9. The fourth-order valence-corrected chi connectivity index (χ4v) is 3.49. The Morgan fingerprint density at radius 2 is 1.80 bits per heavy atom. The van der Waals surface area contributed by atoms with Crippen molar-refractivity contribution in [1.82, 2.24) is 0 Å². The zero-order valence-electron chi connectivity index (χ0n) is 10.5. The van der Waals surface area contributed by atoms with Crippen LogP contribution in [0.3, 0.4) is 0 Å². The first-order chi connectivity index (χ1) is 9.31. The normalized spacial score (nSPS) is 11.3. The van der Waals surface area contributed by atoms with E-state index in [1.54, 1.807) is 25.1 Å². The summed E-state index contributed by atoms with van der Waals surface area (Å²) in [6.45, 7) is 1.64. The summed E-state index contributed by atoms with van der Waals surface area (Å²) in [5.41, 5.74) is 6.74. The van der Waals surface area contributed by atoms with Crippen LogP contribution < -0.4 is 10.5 Å². The number of nitrogens with two attached hydrogens (primary N) is 1. The Balaban J connectivity index is 2.46. The fraction of sp³-hybridized carbons (Fsp3) is 0.0769. The fourth-order valence-electron chi connectivity index (χ4n) is 1.70. The first kappa shape index (κ1) is 15.0. The van der Waals surface area contributed by atoms with Gasteiger partial charge in [0.15, 0.2) is 0 Å². The third-order valence-electron chi connectivity index (χ3n) is 2.74. The van der Waals surface area contributed by atoms with E-state index in [0.717, 1.165) is 0 Å². The van der Waals surface area contributed by atoms with Gasteiger partial charge in [-0.1, -0.05) is 29.3 Å². The van der Waals surface area contributed by atoms with Gasteiger partial charge >= 0.3 is 0 Å². The molecule has 0 aliphatic heterocycles. The Hall–Kier alpha value is -1.43. The predicted octanol–water partition coefficient (Wildman–Crippen LogP) is 3.68. The van der Waals surface area contributed by atoms with Gasteiger partial charge in [0.05, 0.1) is 15.6 Å². The summed E-state index contributed by atoms with van der Waals surface area (Å²) in [6, 6.07) is 9.25. The van der Waals surface area contributed by atoms with E-state index in [2.05, 4.69) is 4.72 Å². The molecule has 0 radical (unpaired) electrons. The second-order valence-corrected chi connectivity index (χ2v) is 6.67. The minimum absolute atomic E-state index is 0.100. The summed E-state index contributed by atoms with van der Waals surface area (Å²) < 4.78 is 27.2. The number of hydrogen-bond donors (Lipinski definition) is 2. The van der Waals surface area contributed by atoms with Crippen molar-refractivity contribution in [3.05, 3.63) is 52.0 Å². The van der Waals surface area contributed by atoms with E-state index < -0.39 is 10.0 Å². The van der Waals surface area contributed by atoms with Gasteiger partial charge in [0.25, 0.3) is 10.0 Å². The van der Waals surface area contributed by atoms with Crippen LogP contribution in [-0.2, 0) is 10.0 Å². The second kappa shape index (κ2) is 5.52. The lowest BCUT2D eigenvalue weighted by Gasteiger charge is -2.12. The molecule has 4 nitrogen and oxygen atoms in total. The first-order valence-electron chi connectivity index (χ1n) is 5.64. The number of benzene rings is 2. The largest absolute Gasteiger partial charge is 0.399 e. The quantitative estimate of drug-likeness (QED) is 0.843. The van der Waals surface area contributed by atoms with Crippen molar-refractivity contribution in [1.29, 1.82) is 0 Å². The lowest BCUT2D eigenvalue weighted by atomic mass is 10.2. The number of halogens is 2. The molecule has 2 rings (SSSR count). The van der Waals surface area contributed by atoms with Crippen molar-refractivity contribution >= 4 is 44.6 Å². The molecule has 0 fully saturated rings. The standard InChI is InChI=1S/C13H12Cl2N2O2S/c1-8-10(14)3-2-4-13(8)20(18,19)17-12-7-9(16)5-6-11(12)15/h2-7,17H,16H2,1H3. The van der Waals surface area contributed by atoms with Crippen molar-refractivity contribution < 1.29 is 8.42 Å². The molecule has 0 amide bonds. The molecule has 2 aromatic carbocycles. The summed E-state index contributed by atoms with van der Waals surface area (Å²) in [5, 5.41) is 0.647. The number of hydrogen-bond acceptors (Lipinski definition) is 3. The minimum Gasteiger partial charge on any atom is -0.399 e. The van der Waals surface area contributed by atoms with E-state index in [1.165, 1.54) is 18.2 Å². The summed E-state index contributed by atoms with van der Waals surface area (Å²) >= 11 is 11.9. The summed E-state index contributed by atoms with van der Waals surface area (Å²) in [7, 11) is -3.78. The smallest absolute Gasteiger partial charge is 0.262 e. The van der Waals surface area contributed by atoms with Crippen molar-refractivity contribution in [2.45, 2.75) is 11.8 Å². The maximum Gasteiger partial charge on any atom is 0.262 e. The summed E-state index contributed by atoms with van der Waals surface area (Å²) in [5.74, 6) is 0. The number of sulfonamides is 1. The van der Waals surface area contributed by atoms with Gasteiger partial charge in [0.1, 0.15) is 0 Å². The molecular formula is C13H12Cl2N2O2S. The maximum absolute atomic E-state index is 12.4. The third-order valence-corrected chi connectivity index (χ3v) is 4.99. The van der Waals surface area contributed by atoms with E-state index in [4.69, 9.17) is 28.9 Å². The molecule has 0 bridgehead atoms. The lowest BCUT2D eigenvalue weighted by Crippen LogP contribution is -2.14. The van der Waals surface area contributed by atoms with Crippen molar-refractivity contribution in [2.24, 2.45) is 0 Å². The van der Waals surface area contributed by atoms with Gasteiger partial charge in [-0.25, -0.2) is 8.42 Å². The van der Waals surface area contributed by atoms with Gasteiger partial charge in [-0.2, -0.15) is 0 Å². The van der Waals surface area contributed by atoms with Crippen LogP contribution in [0.1, 0.15) is 5.56 Å². The van der Waals surface area contributed by atoms with E-state index in [0.29, 0.717) is 16.3 Å². The molecule has 0 aliphatic rings. The SMILES string of the molecule is Cc1c(Cl)cccc1S(=O)(=O)Nc1cc(N)ccc1Cl. The molecule has 2 aromatic rings. The van der Waals surface area contributed by atoms with Crippen LogP contribution in [0, 0.1) is 6.92 Å². The number of anilines is 2. The van der Waals surface area contributed by atoms with Gasteiger partial charge in [-0.3, -0.25) is 4.72 Å². The van der Waals surface area contributed by atoms with Gasteiger partial charge in [-0.05, 0) is 42.8 Å². The molecule has 0 saturated carbocycles. The van der Waals surface area contributed by atoms with Crippen LogP contribution in [-0.4, -0.2) is 8.42 Å². The van der Waals surface area contributed by atoms with Crippen molar-refractivity contribution in [2.75, 3.05) is 10.5 Å². The van der Waals surface area contributed by atoms with Gasteiger partial charge in [0.2, 0.25) is 0 Å². The van der Waals surface area contributed by atoms with Crippen LogP contribution in [0.4, 0.5) is 11.4 Å². The Morgan fingerprint density at radius 3 is 2.50 bits per heavy atom. The highest BCUT2D eigenvalue weighted by Crippen LogP contribution is 2.29. The molecule has 0 unspecified atom stereocenters. The zero-order valence-corrected chi connectivity index (χ0v) is 12.9. The molecule has 7 heteroatoms. The topological polar surface area (TPSA) is 72.2 Å². The Labute approximate surface area is 127 Å².